The normalized spacial score (nSPS) is 19.5. The summed E-state index contributed by atoms with van der Waals surface area (Å²) in [6.45, 7) is 1.70. The molecule has 1 aliphatic rings. The van der Waals surface area contributed by atoms with Gasteiger partial charge in [0.2, 0.25) is 0 Å². The van der Waals surface area contributed by atoms with E-state index in [1.54, 1.807) is 6.26 Å². The topological polar surface area (TPSA) is 51.6 Å². The van der Waals surface area contributed by atoms with E-state index in [9.17, 15) is 0 Å². The van der Waals surface area contributed by atoms with Gasteiger partial charge in [-0.2, -0.15) is 0 Å². The summed E-state index contributed by atoms with van der Waals surface area (Å²) in [7, 11) is 2.06. The van der Waals surface area contributed by atoms with Gasteiger partial charge in [0.05, 0.1) is 12.8 Å². The number of nitrogens with two attached hydrogens (primary N) is 1. The summed E-state index contributed by atoms with van der Waals surface area (Å²) in [5.41, 5.74) is 7.55. The lowest BCUT2D eigenvalue weighted by Gasteiger charge is -2.29. The molecule has 1 aliphatic heterocycles. The van der Waals surface area contributed by atoms with E-state index in [0.29, 0.717) is 0 Å². The number of hydrogen-bond acceptors (Lipinski definition) is 4. The van der Waals surface area contributed by atoms with Gasteiger partial charge in [0.25, 0.3) is 0 Å². The van der Waals surface area contributed by atoms with Crippen molar-refractivity contribution in [2.75, 3.05) is 19.3 Å². The third-order valence-electron chi connectivity index (χ3n) is 3.18. The van der Waals surface area contributed by atoms with Crippen LogP contribution in [0.4, 0.5) is 5.69 Å². The van der Waals surface area contributed by atoms with E-state index in [1.165, 1.54) is 0 Å². The van der Waals surface area contributed by atoms with Gasteiger partial charge in [0.15, 0.2) is 0 Å². The molecule has 18 heavy (non-hydrogen) atoms. The monoisotopic (exact) mass is 244 g/mol. The third-order valence-corrected chi connectivity index (χ3v) is 3.18. The van der Waals surface area contributed by atoms with Crippen LogP contribution in [0.25, 0.3) is 0 Å². The molecule has 0 bridgehead atoms. The summed E-state index contributed by atoms with van der Waals surface area (Å²) in [5.74, 6) is 1.82. The van der Waals surface area contributed by atoms with Gasteiger partial charge >= 0.3 is 0 Å². The van der Waals surface area contributed by atoms with Crippen LogP contribution >= 0.6 is 0 Å². The van der Waals surface area contributed by atoms with Gasteiger partial charge in [0.1, 0.15) is 17.6 Å². The SMILES string of the molecule is CN1Cc2occc2C(Oc2ccc(N)cc2)C1. The van der Waals surface area contributed by atoms with E-state index in [2.05, 4.69) is 11.9 Å². The van der Waals surface area contributed by atoms with Crippen LogP contribution in [0.1, 0.15) is 17.4 Å². The molecule has 1 unspecified atom stereocenters. The molecule has 0 spiro atoms. The first-order valence-electron chi connectivity index (χ1n) is 5.99. The van der Waals surface area contributed by atoms with Gasteiger partial charge in [-0.05, 0) is 37.4 Å². The van der Waals surface area contributed by atoms with Crippen molar-refractivity contribution in [2.24, 2.45) is 0 Å². The molecule has 0 saturated heterocycles. The van der Waals surface area contributed by atoms with Crippen LogP contribution in [0, 0.1) is 0 Å². The van der Waals surface area contributed by atoms with Crippen LogP contribution in [0.15, 0.2) is 41.0 Å². The maximum Gasteiger partial charge on any atom is 0.140 e. The zero-order valence-corrected chi connectivity index (χ0v) is 10.3. The Morgan fingerprint density at radius 3 is 2.83 bits per heavy atom. The Labute approximate surface area is 106 Å². The maximum absolute atomic E-state index is 6.01. The smallest absolute Gasteiger partial charge is 0.140 e. The highest BCUT2D eigenvalue weighted by atomic mass is 16.5. The van der Waals surface area contributed by atoms with Crippen LogP contribution in [0.2, 0.25) is 0 Å². The molecular formula is C14H16N2O2. The average Bonchev–Trinajstić information content (AvgIpc) is 2.80. The Balaban J connectivity index is 1.83. The molecule has 0 aliphatic carbocycles. The van der Waals surface area contributed by atoms with Crippen LogP contribution in [0.3, 0.4) is 0 Å². The summed E-state index contributed by atoms with van der Waals surface area (Å²) >= 11 is 0. The highest BCUT2D eigenvalue weighted by Gasteiger charge is 2.27. The lowest BCUT2D eigenvalue weighted by Crippen LogP contribution is -2.32. The predicted molar refractivity (Wildman–Crippen MR) is 69.3 cm³/mol. The van der Waals surface area contributed by atoms with E-state index in [4.69, 9.17) is 14.9 Å². The Kier molecular flexibility index (Phi) is 2.72. The van der Waals surface area contributed by atoms with Gasteiger partial charge in [-0.25, -0.2) is 0 Å². The number of fused-ring (bicyclic) bond motifs is 1. The first-order chi connectivity index (χ1) is 8.72. The number of ether oxygens (including phenoxy) is 1. The van der Waals surface area contributed by atoms with Crippen molar-refractivity contribution in [2.45, 2.75) is 12.6 Å². The summed E-state index contributed by atoms with van der Waals surface area (Å²) in [6.07, 6.45) is 1.74. The zero-order chi connectivity index (χ0) is 12.5. The standard InChI is InChI=1S/C14H16N2O2/c1-16-8-13-12(6-7-17-13)14(9-16)18-11-4-2-10(15)3-5-11/h2-7,14H,8-9,15H2,1H3. The second kappa shape index (κ2) is 4.38. The molecule has 2 N–H and O–H groups in total. The molecule has 4 heteroatoms. The van der Waals surface area contributed by atoms with Crippen molar-refractivity contribution in [1.82, 2.24) is 4.90 Å². The van der Waals surface area contributed by atoms with Crippen molar-refractivity contribution >= 4 is 5.69 Å². The Morgan fingerprint density at radius 1 is 1.28 bits per heavy atom. The van der Waals surface area contributed by atoms with Crippen LogP contribution in [-0.2, 0) is 6.54 Å². The molecule has 0 saturated carbocycles. The lowest BCUT2D eigenvalue weighted by atomic mass is 10.1. The van der Waals surface area contributed by atoms with Crippen molar-refractivity contribution < 1.29 is 9.15 Å². The second-order valence-electron chi connectivity index (χ2n) is 4.67. The van der Waals surface area contributed by atoms with E-state index in [1.807, 2.05) is 30.3 Å². The number of anilines is 1. The van der Waals surface area contributed by atoms with Crippen LogP contribution in [0.5, 0.6) is 5.75 Å². The molecule has 94 valence electrons. The fourth-order valence-corrected chi connectivity index (χ4v) is 2.27. The van der Waals surface area contributed by atoms with Gasteiger partial charge in [-0.15, -0.1) is 0 Å². The van der Waals surface area contributed by atoms with E-state index >= 15 is 0 Å². The van der Waals surface area contributed by atoms with Gasteiger partial charge < -0.3 is 14.9 Å². The largest absolute Gasteiger partial charge is 0.484 e. The van der Waals surface area contributed by atoms with Crippen molar-refractivity contribution in [3.8, 4) is 5.75 Å². The predicted octanol–water partition coefficient (Wildman–Crippen LogP) is 2.43. The maximum atomic E-state index is 6.01. The fraction of sp³-hybridized carbons (Fsp3) is 0.286. The molecule has 2 heterocycles. The van der Waals surface area contributed by atoms with Crippen LogP contribution in [-0.4, -0.2) is 18.5 Å². The van der Waals surface area contributed by atoms with Crippen molar-refractivity contribution in [3.05, 3.63) is 47.9 Å². The second-order valence-corrected chi connectivity index (χ2v) is 4.67. The Morgan fingerprint density at radius 2 is 2.06 bits per heavy atom. The molecule has 4 nitrogen and oxygen atoms in total. The highest BCUT2D eigenvalue weighted by Crippen LogP contribution is 2.30. The first-order valence-corrected chi connectivity index (χ1v) is 5.99. The number of hydrogen-bond donors (Lipinski definition) is 1. The Hall–Kier alpha value is -1.94. The number of nitrogens with zero attached hydrogens (tertiary/aromatic N) is 1. The molecule has 0 fully saturated rings. The molecular weight excluding hydrogens is 228 g/mol. The van der Waals surface area contributed by atoms with Crippen molar-refractivity contribution in [1.29, 1.82) is 0 Å². The lowest BCUT2D eigenvalue weighted by molar-refractivity contribution is 0.120. The number of rotatable bonds is 2. The Bertz CT molecular complexity index is 533. The van der Waals surface area contributed by atoms with Gasteiger partial charge in [0, 0.05) is 17.8 Å². The molecule has 0 radical (unpaired) electrons. The number of nitrogen functional groups attached to an aromatic ring is 1. The third kappa shape index (κ3) is 2.07. The van der Waals surface area contributed by atoms with E-state index in [-0.39, 0.29) is 6.10 Å². The van der Waals surface area contributed by atoms with Crippen molar-refractivity contribution in [3.63, 3.8) is 0 Å². The fourth-order valence-electron chi connectivity index (χ4n) is 2.27. The van der Waals surface area contributed by atoms with E-state index in [0.717, 1.165) is 35.9 Å². The summed E-state index contributed by atoms with van der Waals surface area (Å²) in [4.78, 5) is 2.19. The van der Waals surface area contributed by atoms with Crippen LogP contribution < -0.4 is 10.5 Å². The molecule has 0 amide bonds. The minimum Gasteiger partial charge on any atom is -0.484 e. The zero-order valence-electron chi connectivity index (χ0n) is 10.3. The van der Waals surface area contributed by atoms with Gasteiger partial charge in [-0.1, -0.05) is 0 Å². The number of benzene rings is 1. The number of likely N-dealkylation sites (N-methyl/N-ethyl adjacent to an activating group) is 1. The molecule has 1 aromatic carbocycles. The molecule has 1 atom stereocenters. The number of furan rings is 1. The first kappa shape index (κ1) is 11.2. The average molecular weight is 244 g/mol. The minimum atomic E-state index is 0.0149. The van der Waals surface area contributed by atoms with E-state index < -0.39 is 0 Å². The molecule has 3 rings (SSSR count). The quantitative estimate of drug-likeness (QED) is 0.824. The minimum absolute atomic E-state index is 0.0149. The summed E-state index contributed by atoms with van der Waals surface area (Å²) in [5, 5.41) is 0. The molecule has 2 aromatic rings. The summed E-state index contributed by atoms with van der Waals surface area (Å²) < 4.78 is 11.5. The summed E-state index contributed by atoms with van der Waals surface area (Å²) in [6, 6.07) is 9.47. The van der Waals surface area contributed by atoms with Gasteiger partial charge in [-0.3, -0.25) is 4.90 Å². The highest BCUT2D eigenvalue weighted by molar-refractivity contribution is 5.42. The molecule has 1 aromatic heterocycles.